The van der Waals surface area contributed by atoms with Crippen molar-refractivity contribution >= 4 is 17.3 Å². The first-order valence-corrected chi connectivity index (χ1v) is 5.01. The molecule has 0 heterocycles. The average molecular weight is 217 g/mol. The van der Waals surface area contributed by atoms with E-state index in [1.807, 2.05) is 0 Å². The molecule has 2 nitrogen and oxygen atoms in total. The molecular formula is C10H14ClFN2. The lowest BCUT2D eigenvalue weighted by atomic mass is 10.2. The van der Waals surface area contributed by atoms with Crippen LogP contribution in [-0.2, 0) is 0 Å². The second kappa shape index (κ2) is 5.83. The molecule has 1 rings (SSSR count). The summed E-state index contributed by atoms with van der Waals surface area (Å²) in [6.45, 7) is 1.53. The van der Waals surface area contributed by atoms with E-state index in [1.165, 1.54) is 6.07 Å². The van der Waals surface area contributed by atoms with Crippen LogP contribution in [-0.4, -0.2) is 13.1 Å². The van der Waals surface area contributed by atoms with Crippen molar-refractivity contribution in [3.63, 3.8) is 0 Å². The Labute approximate surface area is 88.2 Å². The molecule has 0 aliphatic heterocycles. The first kappa shape index (κ1) is 11.3. The van der Waals surface area contributed by atoms with Crippen LogP contribution in [0.4, 0.5) is 10.1 Å². The molecule has 0 amide bonds. The summed E-state index contributed by atoms with van der Waals surface area (Å²) < 4.78 is 12.8. The molecule has 3 N–H and O–H groups in total. The summed E-state index contributed by atoms with van der Waals surface area (Å²) in [6.07, 6.45) is 1.99. The largest absolute Gasteiger partial charge is 0.385 e. The number of nitrogens with one attached hydrogen (secondary N) is 1. The summed E-state index contributed by atoms with van der Waals surface area (Å²) in [4.78, 5) is 0. The van der Waals surface area contributed by atoms with Gasteiger partial charge in [-0.25, -0.2) is 4.39 Å². The molecule has 0 fully saturated rings. The van der Waals surface area contributed by atoms with Gasteiger partial charge in [-0.15, -0.1) is 0 Å². The van der Waals surface area contributed by atoms with Crippen molar-refractivity contribution in [2.24, 2.45) is 5.73 Å². The number of hydrogen-bond acceptors (Lipinski definition) is 2. The first-order valence-electron chi connectivity index (χ1n) is 4.63. The maximum atomic E-state index is 12.8. The molecular weight excluding hydrogens is 203 g/mol. The zero-order valence-electron chi connectivity index (χ0n) is 7.89. The number of rotatable bonds is 5. The molecule has 0 aliphatic rings. The van der Waals surface area contributed by atoms with Gasteiger partial charge in [-0.3, -0.25) is 0 Å². The third-order valence-corrected chi connectivity index (χ3v) is 2.17. The molecule has 0 aliphatic carbocycles. The molecule has 0 atom stereocenters. The van der Waals surface area contributed by atoms with Gasteiger partial charge in [0.25, 0.3) is 0 Å². The molecule has 0 aromatic heterocycles. The highest BCUT2D eigenvalue weighted by Gasteiger charge is 1.99. The van der Waals surface area contributed by atoms with Gasteiger partial charge in [-0.05, 0) is 37.6 Å². The second-order valence-corrected chi connectivity index (χ2v) is 3.46. The molecule has 1 aromatic rings. The maximum Gasteiger partial charge on any atom is 0.141 e. The second-order valence-electron chi connectivity index (χ2n) is 3.05. The van der Waals surface area contributed by atoms with Gasteiger partial charge < -0.3 is 11.1 Å². The maximum absolute atomic E-state index is 12.8. The fourth-order valence-electron chi connectivity index (χ4n) is 1.11. The molecule has 0 saturated carbocycles. The molecule has 0 saturated heterocycles. The van der Waals surface area contributed by atoms with Gasteiger partial charge in [0.1, 0.15) is 5.82 Å². The summed E-state index contributed by atoms with van der Waals surface area (Å²) in [5, 5.41) is 3.29. The minimum Gasteiger partial charge on any atom is -0.385 e. The standard InChI is InChI=1S/C10H14ClFN2/c11-9-7-8(3-4-10(9)12)14-6-2-1-5-13/h3-4,7,14H,1-2,5-6,13H2. The number of anilines is 1. The normalized spacial score (nSPS) is 10.2. The fourth-order valence-corrected chi connectivity index (χ4v) is 1.29. The SMILES string of the molecule is NCCCCNc1ccc(F)c(Cl)c1. The lowest BCUT2D eigenvalue weighted by Crippen LogP contribution is -2.05. The summed E-state index contributed by atoms with van der Waals surface area (Å²) in [7, 11) is 0. The van der Waals surface area contributed by atoms with Crippen molar-refractivity contribution in [1.82, 2.24) is 0 Å². The van der Waals surface area contributed by atoms with Crippen LogP contribution in [0.5, 0.6) is 0 Å². The van der Waals surface area contributed by atoms with E-state index < -0.39 is 0 Å². The van der Waals surface area contributed by atoms with E-state index in [-0.39, 0.29) is 10.8 Å². The lowest BCUT2D eigenvalue weighted by molar-refractivity contribution is 0.628. The molecule has 0 spiro atoms. The van der Waals surface area contributed by atoms with Crippen LogP contribution in [0.15, 0.2) is 18.2 Å². The third kappa shape index (κ3) is 3.52. The number of unbranched alkanes of at least 4 members (excludes halogenated alkanes) is 1. The summed E-state index contributed by atoms with van der Waals surface area (Å²) in [6, 6.07) is 4.61. The highest BCUT2D eigenvalue weighted by Crippen LogP contribution is 2.19. The Kier molecular flexibility index (Phi) is 4.70. The average Bonchev–Trinajstić information content (AvgIpc) is 2.18. The van der Waals surface area contributed by atoms with Crippen molar-refractivity contribution in [3.8, 4) is 0 Å². The number of hydrogen-bond donors (Lipinski definition) is 2. The Morgan fingerprint density at radius 2 is 2.14 bits per heavy atom. The molecule has 0 unspecified atom stereocenters. The Hall–Kier alpha value is -0.800. The van der Waals surface area contributed by atoms with Crippen molar-refractivity contribution < 1.29 is 4.39 Å². The van der Waals surface area contributed by atoms with E-state index >= 15 is 0 Å². The van der Waals surface area contributed by atoms with Crippen LogP contribution in [0.1, 0.15) is 12.8 Å². The highest BCUT2D eigenvalue weighted by molar-refractivity contribution is 6.31. The molecule has 0 bridgehead atoms. The van der Waals surface area contributed by atoms with Gasteiger partial charge in [-0.1, -0.05) is 11.6 Å². The van der Waals surface area contributed by atoms with E-state index in [1.54, 1.807) is 12.1 Å². The van der Waals surface area contributed by atoms with Crippen molar-refractivity contribution in [3.05, 3.63) is 29.0 Å². The lowest BCUT2D eigenvalue weighted by Gasteiger charge is -2.06. The first-order chi connectivity index (χ1) is 6.74. The molecule has 78 valence electrons. The fraction of sp³-hybridized carbons (Fsp3) is 0.400. The Morgan fingerprint density at radius 1 is 1.36 bits per heavy atom. The highest BCUT2D eigenvalue weighted by atomic mass is 35.5. The van der Waals surface area contributed by atoms with E-state index in [9.17, 15) is 4.39 Å². The van der Waals surface area contributed by atoms with Crippen LogP contribution < -0.4 is 11.1 Å². The number of benzene rings is 1. The smallest absolute Gasteiger partial charge is 0.141 e. The van der Waals surface area contributed by atoms with Crippen LogP contribution in [0.25, 0.3) is 0 Å². The van der Waals surface area contributed by atoms with Crippen molar-refractivity contribution in [2.45, 2.75) is 12.8 Å². The molecule has 1 aromatic carbocycles. The summed E-state index contributed by atoms with van der Waals surface area (Å²) in [5.74, 6) is -0.390. The van der Waals surface area contributed by atoms with Crippen molar-refractivity contribution in [2.75, 3.05) is 18.4 Å². The topological polar surface area (TPSA) is 38.0 Å². The van der Waals surface area contributed by atoms with E-state index in [0.29, 0.717) is 6.54 Å². The predicted octanol–water partition coefficient (Wildman–Crippen LogP) is 2.63. The zero-order chi connectivity index (χ0) is 10.4. The van der Waals surface area contributed by atoms with Crippen LogP contribution in [0.3, 0.4) is 0 Å². The third-order valence-electron chi connectivity index (χ3n) is 1.88. The minimum absolute atomic E-state index is 0.147. The minimum atomic E-state index is -0.390. The van der Waals surface area contributed by atoms with Crippen LogP contribution >= 0.6 is 11.6 Å². The molecule has 4 heteroatoms. The zero-order valence-corrected chi connectivity index (χ0v) is 8.65. The van der Waals surface area contributed by atoms with Gasteiger partial charge in [0.15, 0.2) is 0 Å². The van der Waals surface area contributed by atoms with E-state index in [0.717, 1.165) is 25.1 Å². The van der Waals surface area contributed by atoms with Gasteiger partial charge in [0.05, 0.1) is 5.02 Å². The quantitative estimate of drug-likeness (QED) is 0.743. The number of halogens is 2. The predicted molar refractivity (Wildman–Crippen MR) is 58.2 cm³/mol. The van der Waals surface area contributed by atoms with Crippen molar-refractivity contribution in [1.29, 1.82) is 0 Å². The van der Waals surface area contributed by atoms with E-state index in [2.05, 4.69) is 5.32 Å². The summed E-state index contributed by atoms with van der Waals surface area (Å²) in [5.41, 5.74) is 6.19. The Balaban J connectivity index is 2.39. The van der Waals surface area contributed by atoms with E-state index in [4.69, 9.17) is 17.3 Å². The van der Waals surface area contributed by atoms with Gasteiger partial charge in [0, 0.05) is 12.2 Å². The number of nitrogens with two attached hydrogens (primary N) is 1. The van der Waals surface area contributed by atoms with Crippen LogP contribution in [0, 0.1) is 5.82 Å². The molecule has 14 heavy (non-hydrogen) atoms. The van der Waals surface area contributed by atoms with Gasteiger partial charge >= 0.3 is 0 Å². The monoisotopic (exact) mass is 216 g/mol. The van der Waals surface area contributed by atoms with Gasteiger partial charge in [0.2, 0.25) is 0 Å². The van der Waals surface area contributed by atoms with Gasteiger partial charge in [-0.2, -0.15) is 0 Å². The Morgan fingerprint density at radius 3 is 2.79 bits per heavy atom. The Bertz CT molecular complexity index is 291. The van der Waals surface area contributed by atoms with Crippen LogP contribution in [0.2, 0.25) is 5.02 Å². The summed E-state index contributed by atoms with van der Waals surface area (Å²) >= 11 is 5.62. The molecule has 0 radical (unpaired) electrons.